The van der Waals surface area contributed by atoms with E-state index in [1.807, 2.05) is 0 Å². The molecule has 0 aliphatic heterocycles. The largest absolute Gasteiger partial charge is 1.00 e. The van der Waals surface area contributed by atoms with Gasteiger partial charge in [-0.1, -0.05) is 48.6 Å². The van der Waals surface area contributed by atoms with Crippen LogP contribution in [-0.2, 0) is 19.5 Å². The van der Waals surface area contributed by atoms with Gasteiger partial charge >= 0.3 is 59.1 Å². The second-order valence-electron chi connectivity index (χ2n) is 11.2. The minimum atomic E-state index is -5.06. The van der Waals surface area contributed by atoms with Crippen LogP contribution >= 0.6 is 35.2 Å². The molecule has 4 aromatic carbocycles. The molecule has 0 atom stereocenters. The van der Waals surface area contributed by atoms with E-state index in [0.29, 0.717) is 34.7 Å². The maximum Gasteiger partial charge on any atom is 1.00 e. The van der Waals surface area contributed by atoms with Gasteiger partial charge in [0.05, 0.1) is 28.9 Å². The Hall–Kier alpha value is -4.50. The Balaban J connectivity index is 0.00000397. The number of aromatic nitrogens is 6. The van der Waals surface area contributed by atoms with E-state index in [-0.39, 0.29) is 121 Å². The van der Waals surface area contributed by atoms with Crippen LogP contribution in [-0.4, -0.2) is 54.8 Å². The summed E-state index contributed by atoms with van der Waals surface area (Å²) in [6.07, 6.45) is 2.80. The average molecular weight is 910 g/mol. The van der Waals surface area contributed by atoms with Crippen LogP contribution in [0.15, 0.2) is 94.7 Å². The van der Waals surface area contributed by atoms with Crippen molar-refractivity contribution in [3.05, 3.63) is 118 Å². The molecule has 0 saturated heterocycles. The first-order valence-electron chi connectivity index (χ1n) is 15.8. The Morgan fingerprint density at radius 3 is 1.40 bits per heavy atom. The minimum absolute atomic E-state index is 0. The molecule has 2 aromatic heterocycles. The molecule has 0 radical (unpaired) electrons. The number of carboxylic acid groups (broad SMARTS) is 2. The quantitative estimate of drug-likeness (QED) is 0.0193. The van der Waals surface area contributed by atoms with Crippen molar-refractivity contribution in [2.24, 2.45) is 0 Å². The van der Waals surface area contributed by atoms with Crippen molar-refractivity contribution in [3.63, 3.8) is 0 Å². The van der Waals surface area contributed by atoms with Crippen LogP contribution < -0.4 is 95.9 Å². The number of anilines is 8. The van der Waals surface area contributed by atoms with Crippen molar-refractivity contribution in [1.29, 1.82) is 0 Å². The predicted molar refractivity (Wildman–Crippen MR) is 202 cm³/mol. The van der Waals surface area contributed by atoms with Gasteiger partial charge in [-0.2, -0.15) is 34.2 Å². The Kier molecular flexibility index (Phi) is 17.5. The van der Waals surface area contributed by atoms with E-state index >= 15 is 0 Å². The van der Waals surface area contributed by atoms with E-state index < -0.39 is 27.0 Å². The number of rotatable bonds is 16. The average Bonchev–Trinajstić information content (AvgIpc) is 3.16. The predicted octanol–water partition coefficient (Wildman–Crippen LogP) is -2.62. The topological polar surface area (TPSA) is 304 Å². The fraction of sp³-hybridized carbons (Fsp3) is 0. The molecule has 0 aliphatic carbocycles. The molecule has 6 aromatic rings. The molecule has 26 heteroatoms. The van der Waals surface area contributed by atoms with Crippen LogP contribution in [0.3, 0.4) is 0 Å². The molecule has 0 fully saturated rings. The summed E-state index contributed by atoms with van der Waals surface area (Å²) in [6.45, 7) is 0. The Labute approximate surface area is 397 Å². The molecule has 296 valence electrons. The number of halogens is 2. The normalized spacial score (nSPS) is 10.9. The van der Waals surface area contributed by atoms with Crippen LogP contribution in [0.5, 0.6) is 0 Å². The van der Waals surface area contributed by atoms with Gasteiger partial charge in [-0.15, -0.1) is 0 Å². The third-order valence-corrected chi connectivity index (χ3v) is 9.26. The zero-order valence-electron chi connectivity index (χ0n) is 30.6. The number of hydrogen-bond donors (Lipinski definition) is 4. The zero-order chi connectivity index (χ0) is 41.4. The number of carboxylic acids is 2. The standard InChI is InChI=1S/C34H24Cl2N10O10S2.2Na/c35-29-41-31(37-21-9-5-19(6-10-21)27(47)48)45-33(43-29)39-23-13-3-17(25(15-23)57-56-55-51)1-2-18-4-14-24(16-26(18)58(52,53)54)40-34-44-30(36)42-32(46-34)38-22-11-7-20(8-12-22)28(49)50;;/h1-16,51H,(H,47,48)(H,49,50)(H,52,53,54)(H2,37,39,41,43,45)(H2,38,40,42,44,46);;/q;2*+1/p-4/b2-1+;;. The molecule has 0 saturated carbocycles. The van der Waals surface area contributed by atoms with Gasteiger partial charge in [-0.05, 0) is 94.0 Å². The number of carbonyl (C=O) groups excluding carboxylic acids is 2. The fourth-order valence-electron chi connectivity index (χ4n) is 4.84. The van der Waals surface area contributed by atoms with Crippen LogP contribution in [0.2, 0.25) is 10.6 Å². The van der Waals surface area contributed by atoms with E-state index in [0.717, 1.165) is 6.07 Å². The van der Waals surface area contributed by atoms with Gasteiger partial charge in [-0.3, -0.25) is 5.04 Å². The SMILES string of the molecule is O=C([O-])c1ccc(Nc2nc(Cl)nc(Nc3ccc(/C=C/c4ccc(Nc5nc(Cl)nc(Nc6ccc(C(=O)[O-])cc6)n5)cc4S(=O)(=O)[O-])c(SOO[O-])c3)n2)cc1.[Na+].[Na+]. The van der Waals surface area contributed by atoms with Crippen molar-refractivity contribution in [2.75, 3.05) is 21.3 Å². The smallest absolute Gasteiger partial charge is 0.744 e. The molecule has 0 bridgehead atoms. The first kappa shape index (κ1) is 48.2. The van der Waals surface area contributed by atoms with Crippen LogP contribution in [0.1, 0.15) is 31.8 Å². The van der Waals surface area contributed by atoms with Crippen LogP contribution in [0.25, 0.3) is 12.2 Å². The number of aromatic carboxylic acids is 2. The van der Waals surface area contributed by atoms with E-state index in [1.165, 1.54) is 78.9 Å². The molecule has 6 rings (SSSR count). The molecular formula is C34H20Cl2N10Na2O10S2-2. The van der Waals surface area contributed by atoms with Crippen molar-refractivity contribution < 1.29 is 107 Å². The maximum atomic E-state index is 12.4. The van der Waals surface area contributed by atoms with Gasteiger partial charge in [0, 0.05) is 27.6 Å². The van der Waals surface area contributed by atoms with Gasteiger partial charge < -0.3 is 50.9 Å². The molecule has 4 N–H and O–H groups in total. The van der Waals surface area contributed by atoms with Gasteiger partial charge in [0.25, 0.3) is 0 Å². The first-order chi connectivity index (χ1) is 27.7. The summed E-state index contributed by atoms with van der Waals surface area (Å²) in [5, 5.41) is 47.3. The summed E-state index contributed by atoms with van der Waals surface area (Å²) < 4.78 is 41.7. The monoisotopic (exact) mass is 908 g/mol. The number of nitrogens with one attached hydrogen (secondary N) is 4. The van der Waals surface area contributed by atoms with Crippen molar-refractivity contribution in [2.45, 2.75) is 9.79 Å². The zero-order valence-corrected chi connectivity index (χ0v) is 37.7. The third kappa shape index (κ3) is 13.5. The molecular weight excluding hydrogens is 889 g/mol. The van der Waals surface area contributed by atoms with Gasteiger partial charge in [0.2, 0.25) is 34.4 Å². The molecule has 2 heterocycles. The molecule has 0 spiro atoms. The number of carbonyl (C=O) groups is 2. The van der Waals surface area contributed by atoms with Crippen LogP contribution in [0, 0.1) is 0 Å². The molecule has 20 nitrogen and oxygen atoms in total. The molecule has 0 aliphatic rings. The Morgan fingerprint density at radius 1 is 0.600 bits per heavy atom. The second-order valence-corrected chi connectivity index (χ2v) is 14.0. The van der Waals surface area contributed by atoms with E-state index in [2.05, 4.69) is 60.5 Å². The van der Waals surface area contributed by atoms with Crippen LogP contribution in [0.4, 0.5) is 46.5 Å². The van der Waals surface area contributed by atoms with E-state index in [4.69, 9.17) is 23.2 Å². The van der Waals surface area contributed by atoms with Crippen molar-refractivity contribution in [3.8, 4) is 0 Å². The van der Waals surface area contributed by atoms with Gasteiger partial charge in [-0.25, -0.2) is 8.42 Å². The second kappa shape index (κ2) is 21.8. The van der Waals surface area contributed by atoms with Gasteiger partial charge in [0.1, 0.15) is 10.1 Å². The summed E-state index contributed by atoms with van der Waals surface area (Å²) >= 11 is 12.7. The number of benzene rings is 4. The summed E-state index contributed by atoms with van der Waals surface area (Å²) in [5.41, 5.74) is 1.61. The number of hydrogen-bond acceptors (Lipinski definition) is 21. The maximum absolute atomic E-state index is 12.4. The first-order valence-corrected chi connectivity index (χ1v) is 18.7. The van der Waals surface area contributed by atoms with Crippen molar-refractivity contribution >= 4 is 116 Å². The minimum Gasteiger partial charge on any atom is -0.744 e. The molecule has 0 unspecified atom stereocenters. The summed E-state index contributed by atoms with van der Waals surface area (Å²) in [6, 6.07) is 19.6. The summed E-state index contributed by atoms with van der Waals surface area (Å²) in [4.78, 5) is 46.2. The van der Waals surface area contributed by atoms with E-state index in [9.17, 15) is 38.0 Å². The van der Waals surface area contributed by atoms with Gasteiger partial charge in [0.15, 0.2) is 0 Å². The Bertz CT molecular complexity index is 2660. The summed E-state index contributed by atoms with van der Waals surface area (Å²) in [5.74, 6) is -2.85. The summed E-state index contributed by atoms with van der Waals surface area (Å²) in [7, 11) is -5.06. The third-order valence-electron chi connectivity index (χ3n) is 7.37. The van der Waals surface area contributed by atoms with Crippen molar-refractivity contribution in [1.82, 2.24) is 29.9 Å². The Morgan fingerprint density at radius 2 is 0.983 bits per heavy atom. The fourth-order valence-corrected chi connectivity index (χ4v) is 6.36. The van der Waals surface area contributed by atoms with E-state index in [1.54, 1.807) is 12.1 Å². The number of nitrogens with zero attached hydrogens (tertiary/aromatic N) is 6. The molecule has 60 heavy (non-hydrogen) atoms. The molecule has 0 amide bonds.